The number of benzene rings is 1. The summed E-state index contributed by atoms with van der Waals surface area (Å²) >= 11 is 1.71. The second-order valence-corrected chi connectivity index (χ2v) is 5.77. The molecular weight excluding hydrogens is 284 g/mol. The number of thioether (sulfide) groups is 1. The Kier molecular flexibility index (Phi) is 5.64. The van der Waals surface area contributed by atoms with Crippen molar-refractivity contribution in [1.29, 1.82) is 0 Å². The number of nitrogens with one attached hydrogen (secondary N) is 1. The van der Waals surface area contributed by atoms with E-state index in [9.17, 15) is 0 Å². The molecule has 1 N–H and O–H groups in total. The van der Waals surface area contributed by atoms with Gasteiger partial charge < -0.3 is 14.6 Å². The van der Waals surface area contributed by atoms with E-state index >= 15 is 0 Å². The second kappa shape index (κ2) is 7.47. The number of methoxy groups -OCH3 is 1. The summed E-state index contributed by atoms with van der Waals surface area (Å²) in [6, 6.07) is 8.45. The molecule has 1 unspecified atom stereocenters. The molecule has 2 aromatic rings. The van der Waals surface area contributed by atoms with Crippen LogP contribution in [-0.2, 0) is 7.05 Å². The van der Waals surface area contributed by atoms with Gasteiger partial charge in [0.2, 0.25) is 0 Å². The van der Waals surface area contributed by atoms with Gasteiger partial charge in [-0.15, -0.1) is 10.2 Å². The average molecular weight is 306 g/mol. The molecule has 0 aliphatic rings. The predicted octanol–water partition coefficient (Wildman–Crippen LogP) is 2.58. The summed E-state index contributed by atoms with van der Waals surface area (Å²) in [5.41, 5.74) is 1.22. The standard InChI is InChI=1S/C15H22N4OS/c1-5-16-14(12-7-6-8-13(9-12)20-4)10-21-15-18-17-11(2)19(15)3/h6-9,14,16H,5,10H2,1-4H3. The molecule has 0 aliphatic carbocycles. The van der Waals surface area contributed by atoms with Crippen LogP contribution in [0.5, 0.6) is 5.75 Å². The minimum absolute atomic E-state index is 0.257. The zero-order chi connectivity index (χ0) is 15.2. The quantitative estimate of drug-likeness (QED) is 0.797. The first-order chi connectivity index (χ1) is 10.2. The predicted molar refractivity (Wildman–Crippen MR) is 85.9 cm³/mol. The molecule has 1 aromatic carbocycles. The zero-order valence-electron chi connectivity index (χ0n) is 13.0. The Morgan fingerprint density at radius 2 is 2.19 bits per heavy atom. The fourth-order valence-corrected chi connectivity index (χ4v) is 3.10. The molecule has 5 nitrogen and oxygen atoms in total. The number of aromatic nitrogens is 3. The Morgan fingerprint density at radius 1 is 1.38 bits per heavy atom. The maximum atomic E-state index is 5.31. The van der Waals surface area contributed by atoms with E-state index in [2.05, 4.69) is 34.6 Å². The summed E-state index contributed by atoms with van der Waals surface area (Å²) < 4.78 is 7.32. The van der Waals surface area contributed by atoms with Gasteiger partial charge in [0, 0.05) is 18.8 Å². The summed E-state index contributed by atoms with van der Waals surface area (Å²) in [5, 5.41) is 12.7. The van der Waals surface area contributed by atoms with Crippen LogP contribution >= 0.6 is 11.8 Å². The summed E-state index contributed by atoms with van der Waals surface area (Å²) in [5.74, 6) is 2.71. The molecule has 21 heavy (non-hydrogen) atoms. The van der Waals surface area contributed by atoms with Crippen molar-refractivity contribution in [3.8, 4) is 5.75 Å². The van der Waals surface area contributed by atoms with Crippen LogP contribution < -0.4 is 10.1 Å². The smallest absolute Gasteiger partial charge is 0.191 e. The van der Waals surface area contributed by atoms with Crippen LogP contribution in [0.25, 0.3) is 0 Å². The molecule has 0 saturated heterocycles. The van der Waals surface area contributed by atoms with Crippen LogP contribution in [0, 0.1) is 6.92 Å². The van der Waals surface area contributed by atoms with Crippen LogP contribution in [0.3, 0.4) is 0 Å². The van der Waals surface area contributed by atoms with Gasteiger partial charge in [0.05, 0.1) is 7.11 Å². The number of ether oxygens (including phenoxy) is 1. The third-order valence-corrected chi connectivity index (χ3v) is 4.49. The lowest BCUT2D eigenvalue weighted by Crippen LogP contribution is -2.23. The van der Waals surface area contributed by atoms with Gasteiger partial charge in [0.15, 0.2) is 5.16 Å². The minimum Gasteiger partial charge on any atom is -0.497 e. The van der Waals surface area contributed by atoms with Gasteiger partial charge in [-0.1, -0.05) is 30.8 Å². The molecule has 0 bridgehead atoms. The van der Waals surface area contributed by atoms with Gasteiger partial charge in [-0.05, 0) is 31.2 Å². The SMILES string of the molecule is CCNC(CSc1nnc(C)n1C)c1cccc(OC)c1. The fraction of sp³-hybridized carbons (Fsp3) is 0.467. The van der Waals surface area contributed by atoms with E-state index in [-0.39, 0.29) is 6.04 Å². The monoisotopic (exact) mass is 306 g/mol. The lowest BCUT2D eigenvalue weighted by atomic mass is 10.1. The molecule has 0 spiro atoms. The molecule has 0 radical (unpaired) electrons. The molecule has 2 rings (SSSR count). The first-order valence-electron chi connectivity index (χ1n) is 7.01. The summed E-state index contributed by atoms with van der Waals surface area (Å²) in [7, 11) is 3.68. The number of nitrogens with zero attached hydrogens (tertiary/aromatic N) is 3. The second-order valence-electron chi connectivity index (χ2n) is 4.79. The third kappa shape index (κ3) is 3.98. The van der Waals surface area contributed by atoms with Gasteiger partial charge >= 0.3 is 0 Å². The Labute approximate surface area is 130 Å². The topological polar surface area (TPSA) is 52.0 Å². The van der Waals surface area contributed by atoms with Crippen molar-refractivity contribution in [2.45, 2.75) is 25.0 Å². The Balaban J connectivity index is 2.09. The molecule has 114 valence electrons. The van der Waals surface area contributed by atoms with E-state index in [1.165, 1.54) is 5.56 Å². The molecule has 0 fully saturated rings. The highest BCUT2D eigenvalue weighted by molar-refractivity contribution is 7.99. The first-order valence-corrected chi connectivity index (χ1v) is 8.00. The lowest BCUT2D eigenvalue weighted by Gasteiger charge is -2.18. The van der Waals surface area contributed by atoms with E-state index in [0.717, 1.165) is 29.0 Å². The zero-order valence-corrected chi connectivity index (χ0v) is 13.8. The van der Waals surface area contributed by atoms with Crippen LogP contribution in [0.15, 0.2) is 29.4 Å². The van der Waals surface area contributed by atoms with Gasteiger partial charge in [-0.25, -0.2) is 0 Å². The van der Waals surface area contributed by atoms with Crippen molar-refractivity contribution >= 4 is 11.8 Å². The number of hydrogen-bond acceptors (Lipinski definition) is 5. The largest absolute Gasteiger partial charge is 0.497 e. The number of hydrogen-bond donors (Lipinski definition) is 1. The van der Waals surface area contributed by atoms with E-state index < -0.39 is 0 Å². The van der Waals surface area contributed by atoms with Crippen molar-refractivity contribution in [2.24, 2.45) is 7.05 Å². The summed E-state index contributed by atoms with van der Waals surface area (Å²) in [4.78, 5) is 0. The van der Waals surface area contributed by atoms with Crippen molar-refractivity contribution in [3.63, 3.8) is 0 Å². The number of rotatable bonds is 7. The van der Waals surface area contributed by atoms with Crippen LogP contribution in [0.1, 0.15) is 24.4 Å². The van der Waals surface area contributed by atoms with Gasteiger partial charge in [-0.2, -0.15) is 0 Å². The Hall–Kier alpha value is -1.53. The van der Waals surface area contributed by atoms with Crippen molar-refractivity contribution in [2.75, 3.05) is 19.4 Å². The third-order valence-electron chi connectivity index (χ3n) is 3.38. The van der Waals surface area contributed by atoms with Gasteiger partial charge in [-0.3, -0.25) is 0 Å². The van der Waals surface area contributed by atoms with E-state index in [1.54, 1.807) is 18.9 Å². The Bertz CT molecular complexity index is 585. The van der Waals surface area contributed by atoms with Gasteiger partial charge in [0.25, 0.3) is 0 Å². The van der Waals surface area contributed by atoms with Crippen LogP contribution in [-0.4, -0.2) is 34.2 Å². The molecule has 0 aliphatic heterocycles. The van der Waals surface area contributed by atoms with E-state index in [1.807, 2.05) is 30.7 Å². The highest BCUT2D eigenvalue weighted by Gasteiger charge is 2.14. The van der Waals surface area contributed by atoms with E-state index in [0.29, 0.717) is 0 Å². The molecule has 0 saturated carbocycles. The first kappa shape index (κ1) is 15.9. The normalized spacial score (nSPS) is 12.4. The molecular formula is C15H22N4OS. The van der Waals surface area contributed by atoms with Crippen LogP contribution in [0.4, 0.5) is 0 Å². The average Bonchev–Trinajstić information content (AvgIpc) is 2.83. The molecule has 0 amide bonds. The Morgan fingerprint density at radius 3 is 2.81 bits per heavy atom. The summed E-state index contributed by atoms with van der Waals surface area (Å²) in [6.07, 6.45) is 0. The highest BCUT2D eigenvalue weighted by Crippen LogP contribution is 2.25. The van der Waals surface area contributed by atoms with Crippen molar-refractivity contribution in [1.82, 2.24) is 20.1 Å². The maximum absolute atomic E-state index is 5.31. The van der Waals surface area contributed by atoms with Crippen LogP contribution in [0.2, 0.25) is 0 Å². The molecule has 1 heterocycles. The van der Waals surface area contributed by atoms with Crippen molar-refractivity contribution in [3.05, 3.63) is 35.7 Å². The minimum atomic E-state index is 0.257. The summed E-state index contributed by atoms with van der Waals surface area (Å²) in [6.45, 7) is 4.99. The van der Waals surface area contributed by atoms with Gasteiger partial charge in [0.1, 0.15) is 11.6 Å². The van der Waals surface area contributed by atoms with Crippen molar-refractivity contribution < 1.29 is 4.74 Å². The fourth-order valence-electron chi connectivity index (χ4n) is 2.05. The molecule has 1 aromatic heterocycles. The molecule has 6 heteroatoms. The maximum Gasteiger partial charge on any atom is 0.191 e. The molecule has 1 atom stereocenters. The van der Waals surface area contributed by atoms with E-state index in [4.69, 9.17) is 4.74 Å². The lowest BCUT2D eigenvalue weighted by molar-refractivity contribution is 0.413. The number of aryl methyl sites for hydroxylation is 1. The highest BCUT2D eigenvalue weighted by atomic mass is 32.2.